The van der Waals surface area contributed by atoms with Gasteiger partial charge in [-0.2, -0.15) is 0 Å². The SMILES string of the molecule is CC(C)(C)c1ccc([C@@H]2c3c(oc4ccccc4c3=O)C(=O)N2CC[NH+]2CCOCC2)cc1. The minimum Gasteiger partial charge on any atom is -0.450 e. The van der Waals surface area contributed by atoms with Crippen LogP contribution in [0.4, 0.5) is 0 Å². The maximum absolute atomic E-state index is 13.6. The van der Waals surface area contributed by atoms with Crippen molar-refractivity contribution < 1.29 is 18.8 Å². The van der Waals surface area contributed by atoms with Crippen molar-refractivity contribution in [3.05, 3.63) is 81.2 Å². The van der Waals surface area contributed by atoms with Crippen LogP contribution in [-0.4, -0.2) is 50.2 Å². The number of carbonyl (C=O) groups is 1. The lowest BCUT2D eigenvalue weighted by Gasteiger charge is -2.29. The Balaban J connectivity index is 1.58. The Morgan fingerprint density at radius 3 is 2.39 bits per heavy atom. The molecule has 0 spiro atoms. The number of quaternary nitrogens is 1. The number of hydrogen-bond donors (Lipinski definition) is 1. The normalized spacial score (nSPS) is 19.3. The molecule has 3 aromatic rings. The summed E-state index contributed by atoms with van der Waals surface area (Å²) in [5.41, 5.74) is 2.97. The van der Waals surface area contributed by atoms with Gasteiger partial charge in [0, 0.05) is 0 Å². The highest BCUT2D eigenvalue weighted by Gasteiger charge is 2.43. The molecule has 1 aromatic heterocycles. The molecule has 1 N–H and O–H groups in total. The molecular weight excluding hydrogens is 416 g/mol. The maximum atomic E-state index is 13.6. The molecule has 1 fully saturated rings. The van der Waals surface area contributed by atoms with Crippen LogP contribution in [0.2, 0.25) is 0 Å². The average molecular weight is 448 g/mol. The molecule has 172 valence electrons. The summed E-state index contributed by atoms with van der Waals surface area (Å²) in [6.45, 7) is 11.2. The number of carbonyl (C=O) groups excluding carboxylic acids is 1. The van der Waals surface area contributed by atoms with Gasteiger partial charge in [0.2, 0.25) is 5.76 Å². The van der Waals surface area contributed by atoms with Crippen LogP contribution >= 0.6 is 0 Å². The van der Waals surface area contributed by atoms with Gasteiger partial charge < -0.3 is 19.0 Å². The largest absolute Gasteiger partial charge is 0.450 e. The fourth-order valence-corrected chi connectivity index (χ4v) is 4.90. The number of fused-ring (bicyclic) bond motifs is 2. The van der Waals surface area contributed by atoms with Gasteiger partial charge in [-0.25, -0.2) is 0 Å². The molecule has 6 nitrogen and oxygen atoms in total. The van der Waals surface area contributed by atoms with E-state index >= 15 is 0 Å². The zero-order valence-corrected chi connectivity index (χ0v) is 19.5. The molecule has 33 heavy (non-hydrogen) atoms. The predicted molar refractivity (Wildman–Crippen MR) is 127 cm³/mol. The van der Waals surface area contributed by atoms with E-state index in [0.717, 1.165) is 38.4 Å². The van der Waals surface area contributed by atoms with Crippen LogP contribution < -0.4 is 10.3 Å². The van der Waals surface area contributed by atoms with Crippen molar-refractivity contribution in [1.82, 2.24) is 4.90 Å². The van der Waals surface area contributed by atoms with E-state index in [-0.39, 0.29) is 22.5 Å². The molecular formula is C27H31N2O4+. The van der Waals surface area contributed by atoms with Gasteiger partial charge >= 0.3 is 0 Å². The number of nitrogens with one attached hydrogen (secondary N) is 1. The highest BCUT2D eigenvalue weighted by atomic mass is 16.5. The molecule has 0 unspecified atom stereocenters. The average Bonchev–Trinajstić information content (AvgIpc) is 3.10. The van der Waals surface area contributed by atoms with E-state index in [0.29, 0.717) is 23.1 Å². The second-order valence-corrected chi connectivity index (χ2v) is 10.1. The van der Waals surface area contributed by atoms with E-state index in [1.165, 1.54) is 10.5 Å². The van der Waals surface area contributed by atoms with E-state index in [4.69, 9.17) is 9.15 Å². The molecule has 5 rings (SSSR count). The summed E-state index contributed by atoms with van der Waals surface area (Å²) in [6.07, 6.45) is 0. The van der Waals surface area contributed by atoms with Crippen LogP contribution in [-0.2, 0) is 10.2 Å². The minimum absolute atomic E-state index is 0.0243. The van der Waals surface area contributed by atoms with Gasteiger partial charge in [-0.1, -0.05) is 57.2 Å². The van der Waals surface area contributed by atoms with Gasteiger partial charge in [0.15, 0.2) is 5.43 Å². The number of nitrogens with zero attached hydrogens (tertiary/aromatic N) is 1. The molecule has 0 saturated carbocycles. The summed E-state index contributed by atoms with van der Waals surface area (Å²) < 4.78 is 11.5. The monoisotopic (exact) mass is 447 g/mol. The van der Waals surface area contributed by atoms with Crippen molar-refractivity contribution in [1.29, 1.82) is 0 Å². The quantitative estimate of drug-likeness (QED) is 0.668. The van der Waals surface area contributed by atoms with Gasteiger partial charge in [0.05, 0.1) is 43.3 Å². The van der Waals surface area contributed by atoms with Gasteiger partial charge in [-0.05, 0) is 28.7 Å². The van der Waals surface area contributed by atoms with Crippen molar-refractivity contribution in [3.8, 4) is 0 Å². The van der Waals surface area contributed by atoms with Crippen molar-refractivity contribution in [2.24, 2.45) is 0 Å². The summed E-state index contributed by atoms with van der Waals surface area (Å²) in [5, 5.41) is 0.515. The van der Waals surface area contributed by atoms with E-state index in [9.17, 15) is 9.59 Å². The number of morpholine rings is 1. The fourth-order valence-electron chi connectivity index (χ4n) is 4.90. The molecule has 3 heterocycles. The first-order chi connectivity index (χ1) is 15.8. The second kappa shape index (κ2) is 8.43. The Hall–Kier alpha value is -2.96. The number of rotatable bonds is 4. The molecule has 0 aliphatic carbocycles. The molecule has 0 radical (unpaired) electrons. The Morgan fingerprint density at radius 2 is 1.70 bits per heavy atom. The molecule has 2 aromatic carbocycles. The first-order valence-electron chi connectivity index (χ1n) is 11.7. The van der Waals surface area contributed by atoms with E-state index in [1.54, 1.807) is 12.1 Å². The summed E-state index contributed by atoms with van der Waals surface area (Å²) in [4.78, 5) is 30.3. The Labute approximate surface area is 193 Å². The standard InChI is InChI=1S/C27H30N2O4/c1-27(2,3)19-10-8-18(9-11-19)23-22-24(30)20-6-4-5-7-21(20)33-25(22)26(31)29(23)13-12-28-14-16-32-17-15-28/h4-11,23H,12-17H2,1-3H3/p+1/t23-/m1/s1. The first kappa shape index (κ1) is 21.9. The summed E-state index contributed by atoms with van der Waals surface area (Å²) in [6, 6.07) is 15.0. The Bertz CT molecular complexity index is 1230. The smallest absolute Gasteiger partial charge is 0.291 e. The number of para-hydroxylation sites is 1. The van der Waals surface area contributed by atoms with Crippen molar-refractivity contribution in [2.75, 3.05) is 39.4 Å². The van der Waals surface area contributed by atoms with Gasteiger partial charge in [0.1, 0.15) is 18.7 Å². The fraction of sp³-hybridized carbons (Fsp3) is 0.407. The lowest BCUT2D eigenvalue weighted by atomic mass is 9.86. The molecule has 2 aliphatic heterocycles. The molecule has 1 atom stereocenters. The van der Waals surface area contributed by atoms with Crippen LogP contribution in [0.5, 0.6) is 0 Å². The topological polar surface area (TPSA) is 64.2 Å². The highest BCUT2D eigenvalue weighted by Crippen LogP contribution is 2.38. The molecule has 2 aliphatic rings. The lowest BCUT2D eigenvalue weighted by molar-refractivity contribution is -0.907. The lowest BCUT2D eigenvalue weighted by Crippen LogP contribution is -3.14. The van der Waals surface area contributed by atoms with Crippen LogP contribution in [0.3, 0.4) is 0 Å². The third-order valence-electron chi connectivity index (χ3n) is 6.87. The zero-order chi connectivity index (χ0) is 23.2. The Kier molecular flexibility index (Phi) is 5.59. The van der Waals surface area contributed by atoms with E-state index in [2.05, 4.69) is 45.0 Å². The number of amides is 1. The van der Waals surface area contributed by atoms with Crippen LogP contribution in [0, 0.1) is 0 Å². The number of benzene rings is 2. The molecule has 1 saturated heterocycles. The highest BCUT2D eigenvalue weighted by molar-refractivity contribution is 5.99. The van der Waals surface area contributed by atoms with Crippen molar-refractivity contribution in [2.45, 2.75) is 32.2 Å². The minimum atomic E-state index is -0.442. The summed E-state index contributed by atoms with van der Waals surface area (Å²) in [7, 11) is 0. The Morgan fingerprint density at radius 1 is 1.00 bits per heavy atom. The molecule has 0 bridgehead atoms. The van der Waals surface area contributed by atoms with Crippen molar-refractivity contribution >= 4 is 16.9 Å². The summed E-state index contributed by atoms with van der Waals surface area (Å²) in [5.74, 6) is -0.0222. The summed E-state index contributed by atoms with van der Waals surface area (Å²) >= 11 is 0. The van der Waals surface area contributed by atoms with E-state index < -0.39 is 6.04 Å². The van der Waals surface area contributed by atoms with Gasteiger partial charge in [-0.15, -0.1) is 0 Å². The predicted octanol–water partition coefficient (Wildman–Crippen LogP) is 2.55. The van der Waals surface area contributed by atoms with Crippen LogP contribution in [0.1, 0.15) is 54.1 Å². The first-order valence-corrected chi connectivity index (χ1v) is 11.7. The van der Waals surface area contributed by atoms with Gasteiger partial charge in [-0.3, -0.25) is 9.59 Å². The van der Waals surface area contributed by atoms with E-state index in [1.807, 2.05) is 17.0 Å². The third kappa shape index (κ3) is 3.98. The van der Waals surface area contributed by atoms with Crippen molar-refractivity contribution in [3.63, 3.8) is 0 Å². The van der Waals surface area contributed by atoms with Crippen LogP contribution in [0.25, 0.3) is 11.0 Å². The van der Waals surface area contributed by atoms with Gasteiger partial charge in [0.25, 0.3) is 5.91 Å². The third-order valence-corrected chi connectivity index (χ3v) is 6.87. The number of hydrogen-bond acceptors (Lipinski definition) is 4. The van der Waals surface area contributed by atoms with Crippen LogP contribution in [0.15, 0.2) is 57.7 Å². The zero-order valence-electron chi connectivity index (χ0n) is 19.5. The number of ether oxygens (including phenoxy) is 1. The second-order valence-electron chi connectivity index (χ2n) is 10.1. The maximum Gasteiger partial charge on any atom is 0.291 e. The molecule has 1 amide bonds. The molecule has 6 heteroatoms.